The van der Waals surface area contributed by atoms with Crippen molar-refractivity contribution in [1.29, 1.82) is 0 Å². The summed E-state index contributed by atoms with van der Waals surface area (Å²) in [6.07, 6.45) is 0. The highest BCUT2D eigenvalue weighted by Gasteiger charge is 2.12. The minimum atomic E-state index is -0.637. The number of anilines is 1. The maximum absolute atomic E-state index is 13.4. The van der Waals surface area contributed by atoms with Gasteiger partial charge in [0.05, 0.1) is 5.69 Å². The smallest absolute Gasteiger partial charge is 0.148 e. The monoisotopic (exact) mass is 209 g/mol. The summed E-state index contributed by atoms with van der Waals surface area (Å²) in [5, 5.41) is 6.36. The normalized spacial score (nSPS) is 10.6. The summed E-state index contributed by atoms with van der Waals surface area (Å²) in [6, 6.07) is 3.37. The average Bonchev–Trinajstić information content (AvgIpc) is 2.49. The second kappa shape index (κ2) is 3.34. The lowest BCUT2D eigenvalue weighted by Crippen LogP contribution is -1.89. The van der Waals surface area contributed by atoms with Gasteiger partial charge in [-0.05, 0) is 19.1 Å². The number of nitrogen functional groups attached to an aromatic ring is 1. The standard InChI is InChI=1S/C10H9F2N3/c1-5-9(14-15-10(5)13)7-3-2-6(11)4-8(7)12/h2-4H,1H3,(H3,13,14,15). The number of nitrogens with zero attached hydrogens (tertiary/aromatic N) is 1. The summed E-state index contributed by atoms with van der Waals surface area (Å²) in [7, 11) is 0. The van der Waals surface area contributed by atoms with Crippen LogP contribution in [0.5, 0.6) is 0 Å². The van der Waals surface area contributed by atoms with Gasteiger partial charge in [-0.25, -0.2) is 8.78 Å². The van der Waals surface area contributed by atoms with E-state index in [2.05, 4.69) is 10.2 Å². The van der Waals surface area contributed by atoms with Crippen molar-refractivity contribution in [2.24, 2.45) is 0 Å². The molecule has 0 aliphatic heterocycles. The van der Waals surface area contributed by atoms with Crippen LogP contribution in [0.2, 0.25) is 0 Å². The van der Waals surface area contributed by atoms with Crippen LogP contribution in [0, 0.1) is 18.6 Å². The van der Waals surface area contributed by atoms with Crippen LogP contribution in [0.15, 0.2) is 18.2 Å². The number of benzene rings is 1. The number of hydrogen-bond donors (Lipinski definition) is 2. The minimum absolute atomic E-state index is 0.262. The molecule has 1 heterocycles. The average molecular weight is 209 g/mol. The largest absolute Gasteiger partial charge is 0.382 e. The van der Waals surface area contributed by atoms with Crippen LogP contribution >= 0.6 is 0 Å². The number of aromatic amines is 1. The summed E-state index contributed by atoms with van der Waals surface area (Å²) in [4.78, 5) is 0. The summed E-state index contributed by atoms with van der Waals surface area (Å²) in [5.74, 6) is -0.933. The maximum atomic E-state index is 13.4. The first-order chi connectivity index (χ1) is 7.09. The molecule has 0 aliphatic carbocycles. The van der Waals surface area contributed by atoms with Crippen LogP contribution in [0.3, 0.4) is 0 Å². The quantitative estimate of drug-likeness (QED) is 0.756. The van der Waals surface area contributed by atoms with Crippen LogP contribution in [0.1, 0.15) is 5.56 Å². The van der Waals surface area contributed by atoms with Crippen LogP contribution in [-0.2, 0) is 0 Å². The molecule has 3 nitrogen and oxygen atoms in total. The Kier molecular flexibility index (Phi) is 2.15. The third kappa shape index (κ3) is 1.56. The van der Waals surface area contributed by atoms with E-state index in [4.69, 9.17) is 5.73 Å². The molecule has 0 saturated heterocycles. The van der Waals surface area contributed by atoms with Gasteiger partial charge >= 0.3 is 0 Å². The van der Waals surface area contributed by atoms with Crippen molar-refractivity contribution in [3.63, 3.8) is 0 Å². The van der Waals surface area contributed by atoms with Gasteiger partial charge in [0, 0.05) is 17.2 Å². The van der Waals surface area contributed by atoms with E-state index >= 15 is 0 Å². The fourth-order valence-corrected chi connectivity index (χ4v) is 1.37. The van der Waals surface area contributed by atoms with Crippen molar-refractivity contribution >= 4 is 5.82 Å². The Morgan fingerprint density at radius 3 is 2.60 bits per heavy atom. The third-order valence-corrected chi connectivity index (χ3v) is 2.25. The SMILES string of the molecule is Cc1c(N)n[nH]c1-c1ccc(F)cc1F. The summed E-state index contributed by atoms with van der Waals surface area (Å²) >= 11 is 0. The second-order valence-corrected chi connectivity index (χ2v) is 3.23. The van der Waals surface area contributed by atoms with E-state index in [1.165, 1.54) is 12.1 Å². The second-order valence-electron chi connectivity index (χ2n) is 3.23. The van der Waals surface area contributed by atoms with Crippen molar-refractivity contribution in [1.82, 2.24) is 10.2 Å². The lowest BCUT2D eigenvalue weighted by Gasteiger charge is -2.01. The zero-order valence-corrected chi connectivity index (χ0v) is 8.01. The number of halogens is 2. The summed E-state index contributed by atoms with van der Waals surface area (Å²) in [6.45, 7) is 1.72. The molecular weight excluding hydrogens is 200 g/mol. The number of nitrogens with two attached hydrogens (primary N) is 1. The topological polar surface area (TPSA) is 54.7 Å². The van der Waals surface area contributed by atoms with Crippen molar-refractivity contribution in [2.75, 3.05) is 5.73 Å². The zero-order valence-electron chi connectivity index (χ0n) is 8.01. The van der Waals surface area contributed by atoms with E-state index < -0.39 is 11.6 Å². The maximum Gasteiger partial charge on any atom is 0.148 e. The van der Waals surface area contributed by atoms with E-state index in [-0.39, 0.29) is 5.56 Å². The van der Waals surface area contributed by atoms with Gasteiger partial charge in [0.2, 0.25) is 0 Å². The molecule has 0 amide bonds. The molecule has 0 radical (unpaired) electrons. The zero-order chi connectivity index (χ0) is 11.0. The van der Waals surface area contributed by atoms with Crippen molar-refractivity contribution in [3.05, 3.63) is 35.4 Å². The molecule has 1 aromatic heterocycles. The number of hydrogen-bond acceptors (Lipinski definition) is 2. The molecule has 0 unspecified atom stereocenters. The lowest BCUT2D eigenvalue weighted by molar-refractivity contribution is 0.585. The van der Waals surface area contributed by atoms with Gasteiger partial charge in [-0.1, -0.05) is 0 Å². The Bertz CT molecular complexity index is 505. The number of aromatic nitrogens is 2. The highest BCUT2D eigenvalue weighted by Crippen LogP contribution is 2.26. The molecule has 0 spiro atoms. The molecule has 0 saturated carbocycles. The molecule has 2 aromatic rings. The number of rotatable bonds is 1. The molecule has 2 rings (SSSR count). The van der Waals surface area contributed by atoms with E-state index in [0.29, 0.717) is 17.1 Å². The van der Waals surface area contributed by atoms with Crippen molar-refractivity contribution in [2.45, 2.75) is 6.92 Å². The molecule has 5 heteroatoms. The molecule has 3 N–H and O–H groups in total. The Labute approximate surface area is 84.9 Å². The first-order valence-electron chi connectivity index (χ1n) is 4.35. The Morgan fingerprint density at radius 1 is 1.33 bits per heavy atom. The minimum Gasteiger partial charge on any atom is -0.382 e. The highest BCUT2D eigenvalue weighted by atomic mass is 19.1. The lowest BCUT2D eigenvalue weighted by atomic mass is 10.1. The third-order valence-electron chi connectivity index (χ3n) is 2.25. The Morgan fingerprint density at radius 2 is 2.07 bits per heavy atom. The van der Waals surface area contributed by atoms with Gasteiger partial charge in [0.1, 0.15) is 17.5 Å². The van der Waals surface area contributed by atoms with E-state index in [9.17, 15) is 8.78 Å². The van der Waals surface area contributed by atoms with Crippen molar-refractivity contribution < 1.29 is 8.78 Å². The molecular formula is C10H9F2N3. The molecule has 0 bridgehead atoms. The van der Waals surface area contributed by atoms with Crippen LogP contribution < -0.4 is 5.73 Å². The Hall–Kier alpha value is -1.91. The predicted octanol–water partition coefficient (Wildman–Crippen LogP) is 2.25. The summed E-state index contributed by atoms with van der Waals surface area (Å²) < 4.78 is 26.1. The molecule has 0 aliphatic rings. The van der Waals surface area contributed by atoms with Crippen molar-refractivity contribution in [3.8, 4) is 11.3 Å². The van der Waals surface area contributed by atoms with E-state index in [0.717, 1.165) is 6.07 Å². The van der Waals surface area contributed by atoms with Gasteiger partial charge in [-0.3, -0.25) is 5.10 Å². The van der Waals surface area contributed by atoms with Crippen LogP contribution in [0.25, 0.3) is 11.3 Å². The van der Waals surface area contributed by atoms with Gasteiger partial charge in [0.25, 0.3) is 0 Å². The van der Waals surface area contributed by atoms with Crippen LogP contribution in [0.4, 0.5) is 14.6 Å². The van der Waals surface area contributed by atoms with Crippen LogP contribution in [-0.4, -0.2) is 10.2 Å². The molecule has 78 valence electrons. The van der Waals surface area contributed by atoms with E-state index in [1.807, 2.05) is 0 Å². The first kappa shape index (κ1) is 9.64. The van der Waals surface area contributed by atoms with E-state index in [1.54, 1.807) is 6.92 Å². The Balaban J connectivity index is 2.59. The van der Waals surface area contributed by atoms with Gasteiger partial charge in [-0.15, -0.1) is 0 Å². The number of nitrogens with one attached hydrogen (secondary N) is 1. The molecule has 0 atom stereocenters. The summed E-state index contributed by atoms with van der Waals surface area (Å²) in [5.41, 5.74) is 6.91. The first-order valence-corrected chi connectivity index (χ1v) is 4.35. The predicted molar refractivity (Wildman–Crippen MR) is 53.1 cm³/mol. The fourth-order valence-electron chi connectivity index (χ4n) is 1.37. The van der Waals surface area contributed by atoms with Gasteiger partial charge < -0.3 is 5.73 Å². The highest BCUT2D eigenvalue weighted by molar-refractivity contribution is 5.67. The van der Waals surface area contributed by atoms with Gasteiger partial charge in [0.15, 0.2) is 0 Å². The fraction of sp³-hybridized carbons (Fsp3) is 0.100. The number of H-pyrrole nitrogens is 1. The molecule has 0 fully saturated rings. The van der Waals surface area contributed by atoms with Gasteiger partial charge in [-0.2, -0.15) is 5.10 Å². The molecule has 1 aromatic carbocycles. The molecule has 15 heavy (non-hydrogen) atoms.